The SMILES string of the molecule is CC1=C[C@H]2O[C@@H]3C[C@@H](OC(=O)/C=C\C=C\[C@H](O)[C@H](C)O)[C@](C)([C@@]2(C)CC1)[C@@]31CO1. The molecular formula is C23H32O6. The van der Waals surface area contributed by atoms with E-state index in [4.69, 9.17) is 14.2 Å². The fourth-order valence-corrected chi connectivity index (χ4v) is 5.67. The third-order valence-electron chi connectivity index (χ3n) is 7.93. The van der Waals surface area contributed by atoms with Crippen molar-refractivity contribution in [2.75, 3.05) is 6.61 Å². The minimum atomic E-state index is -0.965. The lowest BCUT2D eigenvalue weighted by Gasteiger charge is -2.57. The van der Waals surface area contributed by atoms with Gasteiger partial charge in [0.25, 0.3) is 0 Å². The molecule has 0 aromatic carbocycles. The molecule has 29 heavy (non-hydrogen) atoms. The molecule has 6 heteroatoms. The molecule has 0 aromatic rings. The van der Waals surface area contributed by atoms with Crippen LogP contribution in [-0.2, 0) is 19.0 Å². The first-order valence-corrected chi connectivity index (χ1v) is 10.5. The number of allylic oxidation sites excluding steroid dienone is 3. The molecule has 6 nitrogen and oxygen atoms in total. The average molecular weight is 405 g/mol. The summed E-state index contributed by atoms with van der Waals surface area (Å²) in [5, 5.41) is 18.8. The van der Waals surface area contributed by atoms with Gasteiger partial charge in [-0.25, -0.2) is 4.79 Å². The minimum Gasteiger partial charge on any atom is -0.458 e. The lowest BCUT2D eigenvalue weighted by atomic mass is 9.52. The van der Waals surface area contributed by atoms with Gasteiger partial charge in [0.2, 0.25) is 0 Å². The van der Waals surface area contributed by atoms with Gasteiger partial charge in [0, 0.05) is 23.3 Å². The molecule has 160 valence electrons. The second-order valence-electron chi connectivity index (χ2n) is 9.49. The minimum absolute atomic E-state index is 0.0187. The van der Waals surface area contributed by atoms with Crippen LogP contribution in [0.15, 0.2) is 36.0 Å². The van der Waals surface area contributed by atoms with E-state index < -0.39 is 18.2 Å². The fourth-order valence-electron chi connectivity index (χ4n) is 5.67. The van der Waals surface area contributed by atoms with Crippen LogP contribution in [0, 0.1) is 10.8 Å². The normalized spacial score (nSPS) is 45.3. The summed E-state index contributed by atoms with van der Waals surface area (Å²) in [6.07, 6.45) is 8.59. The highest BCUT2D eigenvalue weighted by Crippen LogP contribution is 2.71. The molecule has 0 unspecified atom stereocenters. The van der Waals surface area contributed by atoms with Gasteiger partial charge >= 0.3 is 5.97 Å². The summed E-state index contributed by atoms with van der Waals surface area (Å²) >= 11 is 0. The lowest BCUT2D eigenvalue weighted by Crippen LogP contribution is -2.63. The average Bonchev–Trinajstić information content (AvgIpc) is 3.43. The van der Waals surface area contributed by atoms with E-state index in [0.717, 1.165) is 12.8 Å². The van der Waals surface area contributed by atoms with Crippen LogP contribution in [0.5, 0.6) is 0 Å². The Kier molecular flexibility index (Phi) is 5.05. The molecule has 0 amide bonds. The van der Waals surface area contributed by atoms with Crippen molar-refractivity contribution in [2.24, 2.45) is 10.8 Å². The van der Waals surface area contributed by atoms with Gasteiger partial charge in [0.05, 0.1) is 31.0 Å². The third kappa shape index (κ3) is 3.03. The first kappa shape index (κ1) is 20.8. The molecular weight excluding hydrogens is 372 g/mol. The number of aliphatic hydroxyl groups excluding tert-OH is 2. The van der Waals surface area contributed by atoms with Crippen LogP contribution < -0.4 is 0 Å². The van der Waals surface area contributed by atoms with Crippen molar-refractivity contribution in [1.29, 1.82) is 0 Å². The number of esters is 1. The topological polar surface area (TPSA) is 88.5 Å². The lowest BCUT2D eigenvalue weighted by molar-refractivity contribution is -0.209. The molecule has 4 aliphatic rings. The highest BCUT2D eigenvalue weighted by atomic mass is 16.6. The van der Waals surface area contributed by atoms with Gasteiger partial charge in [-0.3, -0.25) is 0 Å². The van der Waals surface area contributed by atoms with E-state index in [1.807, 2.05) is 0 Å². The molecule has 2 aliphatic heterocycles. The van der Waals surface area contributed by atoms with Crippen molar-refractivity contribution in [3.8, 4) is 0 Å². The fraction of sp³-hybridized carbons (Fsp3) is 0.696. The molecule has 2 bridgehead atoms. The molecule has 1 saturated carbocycles. The van der Waals surface area contributed by atoms with Crippen LogP contribution in [0.4, 0.5) is 0 Å². The summed E-state index contributed by atoms with van der Waals surface area (Å²) in [6.45, 7) is 8.77. The van der Waals surface area contributed by atoms with Crippen LogP contribution in [0.3, 0.4) is 0 Å². The molecule has 4 rings (SSSR count). The highest BCUT2D eigenvalue weighted by Gasteiger charge is 2.81. The van der Waals surface area contributed by atoms with E-state index in [2.05, 4.69) is 26.8 Å². The number of fused-ring (bicyclic) bond motifs is 2. The van der Waals surface area contributed by atoms with Gasteiger partial charge in [-0.15, -0.1) is 0 Å². The van der Waals surface area contributed by atoms with E-state index in [-0.39, 0.29) is 34.7 Å². The first-order chi connectivity index (χ1) is 13.6. The Balaban J connectivity index is 1.52. The number of aliphatic hydroxyl groups is 2. The van der Waals surface area contributed by atoms with E-state index >= 15 is 0 Å². The summed E-state index contributed by atoms with van der Waals surface area (Å²) in [5.74, 6) is -0.418. The predicted octanol–water partition coefficient (Wildman–Crippen LogP) is 2.45. The van der Waals surface area contributed by atoms with Crippen molar-refractivity contribution in [2.45, 2.75) is 83.1 Å². The van der Waals surface area contributed by atoms with Crippen LogP contribution in [0.1, 0.15) is 47.0 Å². The van der Waals surface area contributed by atoms with Gasteiger partial charge in [-0.05, 0) is 26.7 Å². The zero-order chi connectivity index (χ0) is 21.0. The van der Waals surface area contributed by atoms with Crippen LogP contribution in [0.25, 0.3) is 0 Å². The third-order valence-corrected chi connectivity index (χ3v) is 7.93. The number of rotatable bonds is 5. The quantitative estimate of drug-likeness (QED) is 0.241. The Morgan fingerprint density at radius 2 is 2.07 bits per heavy atom. The largest absolute Gasteiger partial charge is 0.458 e. The summed E-state index contributed by atoms with van der Waals surface area (Å²) in [6, 6.07) is 0. The maximum Gasteiger partial charge on any atom is 0.331 e. The number of epoxide rings is 1. The second kappa shape index (κ2) is 7.05. The van der Waals surface area contributed by atoms with Gasteiger partial charge in [0.15, 0.2) is 0 Å². The van der Waals surface area contributed by atoms with E-state index in [1.165, 1.54) is 36.8 Å². The Labute approximate surface area is 172 Å². The standard InChI is InChI=1S/C23H32O6/c1-14-9-10-21(3)17(11-14)28-19-12-18(22(21,4)23(19)13-27-23)29-20(26)8-6-5-7-16(25)15(2)24/h5-8,11,15-19,24-25H,9-10,12-13H2,1-4H3/b7-5+,8-6-/t15-,16-,17+,18+,19+,21-,22+,23+/m0/s1. The predicted molar refractivity (Wildman–Crippen MR) is 107 cm³/mol. The van der Waals surface area contributed by atoms with Crippen LogP contribution in [0.2, 0.25) is 0 Å². The Morgan fingerprint density at radius 1 is 1.34 bits per heavy atom. The molecule has 2 N–H and O–H groups in total. The van der Waals surface area contributed by atoms with Gasteiger partial charge in [-0.2, -0.15) is 0 Å². The molecule has 8 atom stereocenters. The van der Waals surface area contributed by atoms with Gasteiger partial charge < -0.3 is 24.4 Å². The molecule has 0 aromatic heterocycles. The smallest absolute Gasteiger partial charge is 0.331 e. The summed E-state index contributed by atoms with van der Waals surface area (Å²) in [4.78, 5) is 12.5. The Bertz CT molecular complexity index is 763. The number of ether oxygens (including phenoxy) is 3. The molecule has 3 fully saturated rings. The number of carbonyl (C=O) groups excluding carboxylic acids is 1. The zero-order valence-electron chi connectivity index (χ0n) is 17.6. The monoisotopic (exact) mass is 404 g/mol. The molecule has 1 spiro atoms. The van der Waals surface area contributed by atoms with Crippen molar-refractivity contribution < 1.29 is 29.2 Å². The molecule has 2 heterocycles. The first-order valence-electron chi connectivity index (χ1n) is 10.5. The van der Waals surface area contributed by atoms with Crippen LogP contribution >= 0.6 is 0 Å². The maximum absolute atomic E-state index is 12.5. The molecule has 0 radical (unpaired) electrons. The van der Waals surface area contributed by atoms with E-state index in [0.29, 0.717) is 13.0 Å². The van der Waals surface area contributed by atoms with E-state index in [1.54, 1.807) is 0 Å². The van der Waals surface area contributed by atoms with Crippen molar-refractivity contribution in [3.63, 3.8) is 0 Å². The second-order valence-corrected chi connectivity index (χ2v) is 9.49. The number of hydrogen-bond acceptors (Lipinski definition) is 6. The Morgan fingerprint density at radius 3 is 2.72 bits per heavy atom. The van der Waals surface area contributed by atoms with Gasteiger partial charge in [0.1, 0.15) is 11.7 Å². The van der Waals surface area contributed by atoms with E-state index in [9.17, 15) is 15.0 Å². The number of hydrogen-bond donors (Lipinski definition) is 2. The van der Waals surface area contributed by atoms with Gasteiger partial charge in [-0.1, -0.05) is 43.7 Å². The number of carbonyl (C=O) groups is 1. The highest BCUT2D eigenvalue weighted by molar-refractivity contribution is 5.82. The van der Waals surface area contributed by atoms with Crippen LogP contribution in [-0.4, -0.2) is 58.9 Å². The molecule has 2 aliphatic carbocycles. The zero-order valence-corrected chi connectivity index (χ0v) is 17.6. The van der Waals surface area contributed by atoms with Crippen molar-refractivity contribution >= 4 is 5.97 Å². The Hall–Kier alpha value is -1.47. The summed E-state index contributed by atoms with van der Waals surface area (Å²) in [7, 11) is 0. The van der Waals surface area contributed by atoms with Crippen molar-refractivity contribution in [1.82, 2.24) is 0 Å². The summed E-state index contributed by atoms with van der Waals surface area (Å²) in [5.41, 5.74) is 0.525. The molecule has 2 saturated heterocycles. The maximum atomic E-state index is 12.5. The van der Waals surface area contributed by atoms with Crippen molar-refractivity contribution in [3.05, 3.63) is 36.0 Å². The summed E-state index contributed by atoms with van der Waals surface area (Å²) < 4.78 is 18.4.